The molecular formula is C28H42ClNO. The Morgan fingerprint density at radius 1 is 0.871 bits per heavy atom. The van der Waals surface area contributed by atoms with Crippen molar-refractivity contribution in [3.63, 3.8) is 0 Å². The number of nitrogens with zero attached hydrogens (tertiary/aromatic N) is 1. The van der Waals surface area contributed by atoms with Crippen LogP contribution >= 0.6 is 11.6 Å². The maximum atomic E-state index is 6.23. The number of para-hydroxylation sites is 1. The van der Waals surface area contributed by atoms with Gasteiger partial charge < -0.3 is 4.74 Å². The van der Waals surface area contributed by atoms with E-state index in [4.69, 9.17) is 16.3 Å². The van der Waals surface area contributed by atoms with Gasteiger partial charge >= 0.3 is 0 Å². The van der Waals surface area contributed by atoms with E-state index < -0.39 is 0 Å². The molecule has 2 aromatic rings. The molecule has 172 valence electrons. The van der Waals surface area contributed by atoms with Gasteiger partial charge in [0.05, 0.1) is 12.3 Å². The Kier molecular flexibility index (Phi) is 13.4. The average Bonchev–Trinajstić information content (AvgIpc) is 2.80. The van der Waals surface area contributed by atoms with Crippen molar-refractivity contribution in [2.75, 3.05) is 6.61 Å². The molecule has 0 saturated carbocycles. The molecule has 0 amide bonds. The fourth-order valence-corrected chi connectivity index (χ4v) is 3.99. The summed E-state index contributed by atoms with van der Waals surface area (Å²) in [5.41, 5.74) is 3.43. The first-order valence-corrected chi connectivity index (χ1v) is 13.0. The van der Waals surface area contributed by atoms with Crippen LogP contribution in [0.1, 0.15) is 96.5 Å². The maximum absolute atomic E-state index is 6.23. The Hall–Kier alpha value is -1.54. The number of aromatic nitrogens is 1. The second kappa shape index (κ2) is 16.1. The highest BCUT2D eigenvalue weighted by molar-refractivity contribution is 6.20. The van der Waals surface area contributed by atoms with Crippen molar-refractivity contribution in [2.24, 2.45) is 0 Å². The van der Waals surface area contributed by atoms with E-state index in [0.29, 0.717) is 6.61 Å². The van der Waals surface area contributed by atoms with Crippen LogP contribution in [0.5, 0.6) is 5.75 Å². The minimum atomic E-state index is 0.176. The molecule has 31 heavy (non-hydrogen) atoms. The minimum absolute atomic E-state index is 0.176. The third kappa shape index (κ3) is 10.5. The highest BCUT2D eigenvalue weighted by Crippen LogP contribution is 2.29. The molecule has 1 aromatic carbocycles. The van der Waals surface area contributed by atoms with Gasteiger partial charge in [0, 0.05) is 17.1 Å². The van der Waals surface area contributed by atoms with E-state index in [2.05, 4.69) is 43.1 Å². The summed E-state index contributed by atoms with van der Waals surface area (Å²) in [4.78, 5) is 4.62. The first kappa shape index (κ1) is 25.7. The van der Waals surface area contributed by atoms with Gasteiger partial charge in [0.1, 0.15) is 5.75 Å². The van der Waals surface area contributed by atoms with Crippen LogP contribution in [0.15, 0.2) is 42.6 Å². The van der Waals surface area contributed by atoms with Crippen LogP contribution in [0.3, 0.4) is 0 Å². The van der Waals surface area contributed by atoms with Crippen molar-refractivity contribution in [1.29, 1.82) is 0 Å². The highest BCUT2D eigenvalue weighted by Gasteiger charge is 2.09. The number of halogens is 1. The van der Waals surface area contributed by atoms with E-state index in [1.54, 1.807) is 0 Å². The zero-order chi connectivity index (χ0) is 22.2. The molecule has 1 aromatic heterocycles. The summed E-state index contributed by atoms with van der Waals surface area (Å²) in [5.74, 6) is 0.894. The van der Waals surface area contributed by atoms with Crippen molar-refractivity contribution in [1.82, 2.24) is 4.98 Å². The van der Waals surface area contributed by atoms with Crippen molar-refractivity contribution in [3.05, 3.63) is 48.2 Å². The summed E-state index contributed by atoms with van der Waals surface area (Å²) in [6.07, 6.45) is 18.6. The molecule has 0 aliphatic rings. The topological polar surface area (TPSA) is 22.1 Å². The Morgan fingerprint density at radius 3 is 2.26 bits per heavy atom. The van der Waals surface area contributed by atoms with E-state index in [0.717, 1.165) is 36.3 Å². The average molecular weight is 444 g/mol. The van der Waals surface area contributed by atoms with Crippen molar-refractivity contribution in [3.8, 4) is 17.0 Å². The van der Waals surface area contributed by atoms with Gasteiger partial charge in [-0.1, -0.05) is 83.8 Å². The third-order valence-corrected chi connectivity index (χ3v) is 6.46. The van der Waals surface area contributed by atoms with Gasteiger partial charge in [-0.15, -0.1) is 11.6 Å². The Labute approximate surface area is 195 Å². The maximum Gasteiger partial charge on any atom is 0.128 e. The molecule has 3 heteroatoms. The zero-order valence-corrected chi connectivity index (χ0v) is 20.5. The van der Waals surface area contributed by atoms with Crippen LogP contribution < -0.4 is 4.74 Å². The number of pyridine rings is 1. The third-order valence-electron chi connectivity index (χ3n) is 5.94. The number of hydrogen-bond acceptors (Lipinski definition) is 2. The number of hydrogen-bond donors (Lipinski definition) is 0. The molecule has 2 nitrogen and oxygen atoms in total. The molecule has 0 radical (unpaired) electrons. The quantitative estimate of drug-likeness (QED) is 0.180. The molecule has 0 spiro atoms. The molecule has 0 bridgehead atoms. The van der Waals surface area contributed by atoms with Crippen molar-refractivity contribution in [2.45, 2.75) is 103 Å². The Morgan fingerprint density at radius 2 is 1.55 bits per heavy atom. The molecule has 1 heterocycles. The van der Waals surface area contributed by atoms with E-state index >= 15 is 0 Å². The van der Waals surface area contributed by atoms with Crippen molar-refractivity contribution >= 4 is 11.6 Å². The molecule has 0 aliphatic carbocycles. The van der Waals surface area contributed by atoms with Gasteiger partial charge in [-0.2, -0.15) is 0 Å². The number of rotatable bonds is 17. The number of alkyl halides is 1. The summed E-state index contributed by atoms with van der Waals surface area (Å²) < 4.78 is 6.05. The smallest absolute Gasteiger partial charge is 0.128 e. The molecule has 0 saturated heterocycles. The zero-order valence-electron chi connectivity index (χ0n) is 19.8. The number of ether oxygens (including phenoxy) is 1. The lowest BCUT2D eigenvalue weighted by Crippen LogP contribution is -2.06. The second-order valence-corrected chi connectivity index (χ2v) is 9.24. The lowest BCUT2D eigenvalue weighted by Gasteiger charge is -2.13. The standard InChI is InChI=1S/C28H42ClNO/c1-3-5-6-7-8-9-10-11-12-13-16-24-19-21-30-27(23-24)26-17-14-15-18-28(26)31-22-20-25(29)4-2/h14-15,17-19,21,23,25H,3-13,16,20,22H2,1-2H3. The summed E-state index contributed by atoms with van der Waals surface area (Å²) in [7, 11) is 0. The molecule has 0 fully saturated rings. The lowest BCUT2D eigenvalue weighted by molar-refractivity contribution is 0.309. The summed E-state index contributed by atoms with van der Waals surface area (Å²) >= 11 is 6.23. The molecule has 1 unspecified atom stereocenters. The minimum Gasteiger partial charge on any atom is -0.493 e. The van der Waals surface area contributed by atoms with Gasteiger partial charge in [-0.05, 0) is 55.5 Å². The van der Waals surface area contributed by atoms with Gasteiger partial charge in [0.15, 0.2) is 0 Å². The Bertz CT molecular complexity index is 718. The van der Waals surface area contributed by atoms with Gasteiger partial charge in [0.2, 0.25) is 0 Å². The van der Waals surface area contributed by atoms with E-state index in [9.17, 15) is 0 Å². The SMILES string of the molecule is CCCCCCCCCCCCc1ccnc(-c2ccccc2OCCC(Cl)CC)c1. The number of aryl methyl sites for hydroxylation is 1. The highest BCUT2D eigenvalue weighted by atomic mass is 35.5. The fraction of sp³-hybridized carbons (Fsp3) is 0.607. The predicted octanol–water partition coefficient (Wildman–Crippen LogP) is 9.00. The van der Waals surface area contributed by atoms with E-state index in [1.165, 1.54) is 69.8 Å². The summed E-state index contributed by atoms with van der Waals surface area (Å²) in [5, 5.41) is 0.176. The lowest BCUT2D eigenvalue weighted by atomic mass is 10.0. The molecule has 1 atom stereocenters. The van der Waals surface area contributed by atoms with Crippen LogP contribution in [0, 0.1) is 0 Å². The van der Waals surface area contributed by atoms with Crippen LogP contribution in [0.4, 0.5) is 0 Å². The molecule has 0 N–H and O–H groups in total. The largest absolute Gasteiger partial charge is 0.493 e. The molecule has 2 rings (SSSR count). The van der Waals surface area contributed by atoms with Crippen LogP contribution in [0.25, 0.3) is 11.3 Å². The number of benzene rings is 1. The summed E-state index contributed by atoms with van der Waals surface area (Å²) in [6, 6.07) is 12.6. The predicted molar refractivity (Wildman–Crippen MR) is 135 cm³/mol. The normalized spacial score (nSPS) is 12.1. The summed E-state index contributed by atoms with van der Waals surface area (Å²) in [6.45, 7) is 5.02. The molecular weight excluding hydrogens is 402 g/mol. The van der Waals surface area contributed by atoms with Crippen LogP contribution in [-0.4, -0.2) is 17.0 Å². The second-order valence-electron chi connectivity index (χ2n) is 8.62. The van der Waals surface area contributed by atoms with Gasteiger partial charge in [-0.25, -0.2) is 0 Å². The number of unbranched alkanes of at least 4 members (excludes halogenated alkanes) is 9. The molecule has 0 aliphatic heterocycles. The fourth-order valence-electron chi connectivity index (χ4n) is 3.90. The first-order valence-electron chi connectivity index (χ1n) is 12.6. The van der Waals surface area contributed by atoms with Crippen LogP contribution in [0.2, 0.25) is 0 Å². The van der Waals surface area contributed by atoms with E-state index in [-0.39, 0.29) is 5.38 Å². The Balaban J connectivity index is 1.76. The first-order chi connectivity index (χ1) is 15.2. The van der Waals surface area contributed by atoms with Gasteiger partial charge in [0.25, 0.3) is 0 Å². The van der Waals surface area contributed by atoms with Crippen LogP contribution in [-0.2, 0) is 6.42 Å². The van der Waals surface area contributed by atoms with E-state index in [1.807, 2.05) is 18.3 Å². The van der Waals surface area contributed by atoms with Crippen molar-refractivity contribution < 1.29 is 4.74 Å². The van der Waals surface area contributed by atoms with Gasteiger partial charge in [-0.3, -0.25) is 4.98 Å². The monoisotopic (exact) mass is 443 g/mol.